The third-order valence-electron chi connectivity index (χ3n) is 3.09. The molecule has 0 aromatic rings. The lowest BCUT2D eigenvalue weighted by Crippen LogP contribution is -2.53. The Bertz CT molecular complexity index is 171. The van der Waals surface area contributed by atoms with Crippen LogP contribution in [-0.4, -0.2) is 12.4 Å². The van der Waals surface area contributed by atoms with Crippen molar-refractivity contribution in [3.8, 4) is 0 Å². The molecule has 0 N–H and O–H groups in total. The summed E-state index contributed by atoms with van der Waals surface area (Å²) in [5.41, 5.74) is -2.01. The predicted molar refractivity (Wildman–Crippen MR) is 74.4 cm³/mol. The summed E-state index contributed by atoms with van der Waals surface area (Å²) in [6, 6.07) is 0. The smallest absolute Gasteiger partial charge is 0.165 e. The van der Waals surface area contributed by atoms with Crippen LogP contribution >= 0.6 is 44.3 Å². The Morgan fingerprint density at radius 1 is 0.857 bits per heavy atom. The van der Waals surface area contributed by atoms with Gasteiger partial charge in [0.1, 0.15) is 0 Å². The number of halogens is 4. The molecule has 0 nitrogen and oxygen atoms in total. The van der Waals surface area contributed by atoms with Gasteiger partial charge >= 0.3 is 5.52 Å². The first-order chi connectivity index (χ1) is 6.21. The van der Waals surface area contributed by atoms with E-state index in [9.17, 15) is 0 Å². The number of hydrogen-bond acceptors (Lipinski definition) is 0. The second-order valence-corrected chi connectivity index (χ2v) is 25.6. The molecule has 0 radical (unpaired) electrons. The zero-order valence-corrected chi connectivity index (χ0v) is 14.1. The van der Waals surface area contributed by atoms with Crippen molar-refractivity contribution >= 4 is 56.7 Å². The van der Waals surface area contributed by atoms with Crippen LogP contribution in [0.3, 0.4) is 0 Å². The zero-order valence-electron chi connectivity index (χ0n) is 9.08. The molecule has 0 rings (SSSR count). The molecular weight excluding hydrogens is 294 g/mol. The van der Waals surface area contributed by atoms with Crippen molar-refractivity contribution in [1.29, 1.82) is 0 Å². The second kappa shape index (κ2) is 5.78. The fraction of sp³-hybridized carbons (Fsp3) is 1.00. The van der Waals surface area contributed by atoms with E-state index < -0.39 is 12.4 Å². The van der Waals surface area contributed by atoms with Crippen LogP contribution in [0.4, 0.5) is 0 Å². The Morgan fingerprint density at radius 3 is 1.29 bits per heavy atom. The second-order valence-electron chi connectivity index (χ2n) is 3.88. The third kappa shape index (κ3) is 3.05. The van der Waals surface area contributed by atoms with Crippen molar-refractivity contribution in [1.82, 2.24) is 0 Å². The summed E-state index contributed by atoms with van der Waals surface area (Å²) in [5.74, 6) is 0. The molecule has 0 spiro atoms. The van der Waals surface area contributed by atoms with Crippen LogP contribution in [0.1, 0.15) is 40.5 Å². The van der Waals surface area contributed by atoms with Gasteiger partial charge in [0.2, 0.25) is 6.90 Å². The summed E-state index contributed by atoms with van der Waals surface area (Å²) in [7, 11) is 0. The first-order valence-electron chi connectivity index (χ1n) is 4.97. The fourth-order valence-corrected chi connectivity index (χ4v) is 20.5. The van der Waals surface area contributed by atoms with Crippen molar-refractivity contribution in [2.75, 3.05) is 0 Å². The summed E-state index contributed by atoms with van der Waals surface area (Å²) >= 11 is 25.3. The van der Waals surface area contributed by atoms with E-state index in [1.54, 1.807) is 0 Å². The highest BCUT2D eigenvalue weighted by Gasteiger charge is 2.58. The molecule has 86 valence electrons. The van der Waals surface area contributed by atoms with Gasteiger partial charge in [-0.15, -0.1) is 33.2 Å². The van der Waals surface area contributed by atoms with Crippen LogP contribution in [0.25, 0.3) is 0 Å². The molecule has 0 saturated heterocycles. The van der Waals surface area contributed by atoms with Crippen molar-refractivity contribution in [3.05, 3.63) is 0 Å². The lowest BCUT2D eigenvalue weighted by Gasteiger charge is -2.39. The quantitative estimate of drug-likeness (QED) is 0.464. The van der Waals surface area contributed by atoms with E-state index in [0.29, 0.717) is 11.1 Å². The SMILES string of the molecule is CCC(C)[Si](Cl)(C(C)CC)[Si](Cl)(Cl)Cl. The summed E-state index contributed by atoms with van der Waals surface area (Å²) in [6.07, 6.45) is 2.00. The van der Waals surface area contributed by atoms with E-state index in [-0.39, 0.29) is 0 Å². The first-order valence-corrected chi connectivity index (χ1v) is 14.2. The Morgan fingerprint density at radius 2 is 1.14 bits per heavy atom. The van der Waals surface area contributed by atoms with E-state index in [4.69, 9.17) is 44.3 Å². The highest BCUT2D eigenvalue weighted by molar-refractivity contribution is 7.95. The van der Waals surface area contributed by atoms with Crippen LogP contribution in [0, 0.1) is 0 Å². The van der Waals surface area contributed by atoms with Crippen LogP contribution < -0.4 is 0 Å². The standard InChI is InChI=1S/C8H18Cl4Si2/c1-5-7(3)13(9,8(4)6-2)14(10,11)12/h7-8H,5-6H2,1-4H3. The fourth-order valence-electron chi connectivity index (χ4n) is 1.64. The summed E-state index contributed by atoms with van der Waals surface area (Å²) in [4.78, 5) is 0. The first kappa shape index (κ1) is 15.6. The van der Waals surface area contributed by atoms with E-state index in [1.165, 1.54) is 0 Å². The maximum atomic E-state index is 6.72. The van der Waals surface area contributed by atoms with Gasteiger partial charge in [-0.05, 0) is 11.1 Å². The number of hydrogen-bond donors (Lipinski definition) is 0. The normalized spacial score (nSPS) is 21.4. The minimum Gasteiger partial charge on any atom is -0.165 e. The molecular formula is C8H18Cl4Si2. The summed E-state index contributed by atoms with van der Waals surface area (Å²) < 4.78 is 0. The Labute approximate surface area is 108 Å². The molecule has 0 aromatic heterocycles. The molecule has 0 aromatic carbocycles. The molecule has 0 aliphatic rings. The van der Waals surface area contributed by atoms with Crippen molar-refractivity contribution in [2.24, 2.45) is 0 Å². The Kier molecular flexibility index (Phi) is 6.44. The zero-order chi connectivity index (χ0) is 11.6. The highest BCUT2D eigenvalue weighted by atomic mass is 35.9. The lowest BCUT2D eigenvalue weighted by atomic mass is 10.4. The van der Waals surface area contributed by atoms with Crippen LogP contribution in [0.15, 0.2) is 0 Å². The van der Waals surface area contributed by atoms with Crippen molar-refractivity contribution in [3.63, 3.8) is 0 Å². The van der Waals surface area contributed by atoms with E-state index in [0.717, 1.165) is 12.8 Å². The predicted octanol–water partition coefficient (Wildman–Crippen LogP) is 5.50. The summed E-state index contributed by atoms with van der Waals surface area (Å²) in [5, 5.41) is 0. The van der Waals surface area contributed by atoms with Gasteiger partial charge in [-0.1, -0.05) is 40.5 Å². The average molecular weight is 312 g/mol. The van der Waals surface area contributed by atoms with Gasteiger partial charge in [0.25, 0.3) is 0 Å². The maximum absolute atomic E-state index is 6.72. The van der Waals surface area contributed by atoms with Gasteiger partial charge in [0.05, 0.1) is 0 Å². The monoisotopic (exact) mass is 310 g/mol. The molecule has 2 atom stereocenters. The largest absolute Gasteiger partial charge is 0.342 e. The molecule has 0 fully saturated rings. The molecule has 14 heavy (non-hydrogen) atoms. The van der Waals surface area contributed by atoms with Gasteiger partial charge in [-0.25, -0.2) is 0 Å². The van der Waals surface area contributed by atoms with E-state index in [1.807, 2.05) is 0 Å². The maximum Gasteiger partial charge on any atom is 0.342 e. The lowest BCUT2D eigenvalue weighted by molar-refractivity contribution is 0.788. The van der Waals surface area contributed by atoms with Crippen LogP contribution in [0.2, 0.25) is 11.1 Å². The van der Waals surface area contributed by atoms with Gasteiger partial charge in [-0.3, -0.25) is 0 Å². The number of rotatable bonds is 5. The van der Waals surface area contributed by atoms with Gasteiger partial charge in [-0.2, -0.15) is 11.1 Å². The van der Waals surface area contributed by atoms with E-state index in [2.05, 4.69) is 27.7 Å². The summed E-state index contributed by atoms with van der Waals surface area (Å²) in [6.45, 7) is 6.23. The highest BCUT2D eigenvalue weighted by Crippen LogP contribution is 2.50. The topological polar surface area (TPSA) is 0 Å². The minimum atomic E-state index is -2.76. The third-order valence-corrected chi connectivity index (χ3v) is 29.1. The molecule has 0 amide bonds. The van der Waals surface area contributed by atoms with Crippen molar-refractivity contribution in [2.45, 2.75) is 51.6 Å². The van der Waals surface area contributed by atoms with Gasteiger partial charge in [0, 0.05) is 0 Å². The molecule has 6 heteroatoms. The molecule has 0 aliphatic heterocycles. The van der Waals surface area contributed by atoms with Crippen molar-refractivity contribution < 1.29 is 0 Å². The molecule has 0 saturated carbocycles. The van der Waals surface area contributed by atoms with Crippen LogP contribution in [0.5, 0.6) is 0 Å². The van der Waals surface area contributed by atoms with Crippen LogP contribution in [-0.2, 0) is 0 Å². The average Bonchev–Trinajstić information content (AvgIpc) is 2.12. The molecule has 0 heterocycles. The van der Waals surface area contributed by atoms with E-state index >= 15 is 0 Å². The minimum absolute atomic E-state index is 0.373. The van der Waals surface area contributed by atoms with Gasteiger partial charge < -0.3 is 0 Å². The van der Waals surface area contributed by atoms with Gasteiger partial charge in [0.15, 0.2) is 0 Å². The molecule has 0 bridgehead atoms. The molecule has 2 unspecified atom stereocenters. The molecule has 0 aliphatic carbocycles. The Hall–Kier alpha value is 1.59. The Balaban J connectivity index is 5.05.